The van der Waals surface area contributed by atoms with Crippen LogP contribution in [0.15, 0.2) is 84.9 Å². The molecule has 2 saturated heterocycles. The van der Waals surface area contributed by atoms with E-state index in [1.165, 1.54) is 4.90 Å². The summed E-state index contributed by atoms with van der Waals surface area (Å²) in [5.41, 5.74) is 2.22. The second kappa shape index (κ2) is 11.4. The van der Waals surface area contributed by atoms with Crippen LogP contribution < -0.4 is 4.90 Å². The van der Waals surface area contributed by atoms with Gasteiger partial charge in [-0.15, -0.1) is 0 Å². The molecular weight excluding hydrogens is 516 g/mol. The third kappa shape index (κ3) is 5.29. The Labute approximate surface area is 233 Å². The average molecular weight is 547 g/mol. The summed E-state index contributed by atoms with van der Waals surface area (Å²) in [5, 5.41) is 11.0. The Morgan fingerprint density at radius 2 is 1.46 bits per heavy atom. The smallest absolute Gasteiger partial charge is 0.329 e. The molecule has 0 aromatic heterocycles. The van der Waals surface area contributed by atoms with E-state index in [1.54, 1.807) is 26.8 Å². The molecule has 8 nitrogen and oxygen atoms in total. The van der Waals surface area contributed by atoms with Crippen LogP contribution in [0.25, 0.3) is 0 Å². The van der Waals surface area contributed by atoms with Crippen LogP contribution in [-0.4, -0.2) is 69.1 Å². The predicted octanol–water partition coefficient (Wildman–Crippen LogP) is 5.84. The van der Waals surface area contributed by atoms with Crippen molar-refractivity contribution in [3.05, 3.63) is 95.5 Å². The van der Waals surface area contributed by atoms with Crippen molar-refractivity contribution >= 4 is 41.0 Å². The monoisotopic (exact) mass is 546 g/mol. The number of nitrogens with zero attached hydrogens (tertiary/aromatic N) is 4. The van der Waals surface area contributed by atoms with E-state index < -0.39 is 24.1 Å². The minimum absolute atomic E-state index is 0.146. The van der Waals surface area contributed by atoms with Crippen molar-refractivity contribution in [1.82, 2.24) is 14.7 Å². The number of rotatable bonds is 6. The van der Waals surface area contributed by atoms with Gasteiger partial charge >= 0.3 is 18.0 Å². The van der Waals surface area contributed by atoms with Crippen LogP contribution in [0.4, 0.5) is 21.0 Å². The quantitative estimate of drug-likeness (QED) is 0.421. The van der Waals surface area contributed by atoms with Crippen LogP contribution in [0.3, 0.4) is 0 Å². The summed E-state index contributed by atoms with van der Waals surface area (Å²) < 4.78 is 0. The number of benzene rings is 3. The fourth-order valence-electron chi connectivity index (χ4n) is 5.68. The van der Waals surface area contributed by atoms with Crippen molar-refractivity contribution in [1.29, 1.82) is 0 Å². The number of carboxylic acids is 1. The van der Waals surface area contributed by atoms with Gasteiger partial charge in [0.25, 0.3) is 0 Å². The fourth-order valence-corrected chi connectivity index (χ4v) is 5.81. The molecular formula is C30H31ClN4O4. The Kier molecular flexibility index (Phi) is 7.74. The van der Waals surface area contributed by atoms with E-state index in [0.29, 0.717) is 42.3 Å². The first kappa shape index (κ1) is 26.6. The molecule has 2 aliphatic heterocycles. The zero-order valence-corrected chi connectivity index (χ0v) is 22.4. The summed E-state index contributed by atoms with van der Waals surface area (Å²) in [6.07, 6.45) is 1.16. The Hall–Kier alpha value is -4.04. The van der Waals surface area contributed by atoms with Gasteiger partial charge in [0.05, 0.1) is 23.5 Å². The van der Waals surface area contributed by atoms with Crippen LogP contribution in [-0.2, 0) is 11.3 Å². The highest BCUT2D eigenvalue weighted by Gasteiger charge is 2.54. The molecule has 3 aromatic carbocycles. The maximum atomic E-state index is 14.1. The van der Waals surface area contributed by atoms with Crippen LogP contribution in [0.1, 0.15) is 25.3 Å². The van der Waals surface area contributed by atoms with E-state index in [2.05, 4.69) is 0 Å². The molecule has 0 aliphatic carbocycles. The molecule has 1 N–H and O–H groups in total. The lowest BCUT2D eigenvalue weighted by Crippen LogP contribution is -2.67. The zero-order valence-electron chi connectivity index (χ0n) is 21.7. The topological polar surface area (TPSA) is 84.4 Å². The summed E-state index contributed by atoms with van der Waals surface area (Å²) in [7, 11) is 0. The lowest BCUT2D eigenvalue weighted by molar-refractivity contribution is -0.145. The highest BCUT2D eigenvalue weighted by atomic mass is 35.5. The van der Waals surface area contributed by atoms with E-state index >= 15 is 0 Å². The van der Waals surface area contributed by atoms with Gasteiger partial charge in [-0.2, -0.15) is 0 Å². The standard InChI is InChI=1S/C30H31ClN4O4/c1-2-32(19-21-13-15-22(31)16-14-21)29(38)35-25-17-18-26(35)27(28(36)37)33(20-25)30(39)34(23-9-5-3-6-10-23)24-11-7-4-8-12-24/h3-16,25-27H,2,17-20H2,1H3,(H,36,37)/t25-,26+,27-/m0/s1. The molecule has 4 amide bonds. The summed E-state index contributed by atoms with van der Waals surface area (Å²) in [5.74, 6) is -1.12. The molecule has 0 radical (unpaired) electrons. The number of urea groups is 2. The second-order valence-corrected chi connectivity index (χ2v) is 10.3. The molecule has 39 heavy (non-hydrogen) atoms. The zero-order chi connectivity index (χ0) is 27.5. The van der Waals surface area contributed by atoms with E-state index in [0.717, 1.165) is 5.56 Å². The molecule has 3 atom stereocenters. The number of para-hydroxylation sites is 2. The van der Waals surface area contributed by atoms with E-state index in [1.807, 2.05) is 79.7 Å². The minimum Gasteiger partial charge on any atom is -0.480 e. The molecule has 2 heterocycles. The second-order valence-electron chi connectivity index (χ2n) is 9.85. The lowest BCUT2D eigenvalue weighted by atomic mass is 10.0. The van der Waals surface area contributed by atoms with Crippen LogP contribution in [0, 0.1) is 0 Å². The first-order valence-corrected chi connectivity index (χ1v) is 13.5. The Morgan fingerprint density at radius 1 is 0.872 bits per heavy atom. The summed E-state index contributed by atoms with van der Waals surface area (Å²) in [4.78, 5) is 47.0. The summed E-state index contributed by atoms with van der Waals surface area (Å²) in [6.45, 7) is 2.90. The Bertz CT molecular complexity index is 1280. The van der Waals surface area contributed by atoms with Gasteiger partial charge in [0.2, 0.25) is 0 Å². The first-order valence-electron chi connectivity index (χ1n) is 13.1. The van der Waals surface area contributed by atoms with Gasteiger partial charge in [0, 0.05) is 24.7 Å². The molecule has 0 saturated carbocycles. The number of anilines is 2. The highest BCUT2D eigenvalue weighted by Crippen LogP contribution is 2.38. The minimum atomic E-state index is -1.16. The lowest BCUT2D eigenvalue weighted by Gasteiger charge is -2.47. The highest BCUT2D eigenvalue weighted by molar-refractivity contribution is 6.30. The van der Waals surface area contributed by atoms with Crippen molar-refractivity contribution < 1.29 is 19.5 Å². The van der Waals surface area contributed by atoms with Gasteiger partial charge < -0.3 is 19.8 Å². The van der Waals surface area contributed by atoms with Gasteiger partial charge in [0.15, 0.2) is 6.04 Å². The van der Waals surface area contributed by atoms with Crippen molar-refractivity contribution in [2.75, 3.05) is 18.0 Å². The number of piperazine rings is 1. The first-order chi connectivity index (χ1) is 18.9. The molecule has 2 bridgehead atoms. The number of aliphatic carboxylic acids is 1. The van der Waals surface area contributed by atoms with Gasteiger partial charge in [-0.1, -0.05) is 60.1 Å². The van der Waals surface area contributed by atoms with E-state index in [-0.39, 0.29) is 18.6 Å². The number of fused-ring (bicyclic) bond motifs is 2. The largest absolute Gasteiger partial charge is 0.480 e. The molecule has 9 heteroatoms. The number of carbonyl (C=O) groups excluding carboxylic acids is 2. The average Bonchev–Trinajstić information content (AvgIpc) is 3.25. The molecule has 2 fully saturated rings. The Morgan fingerprint density at radius 3 is 2.00 bits per heavy atom. The van der Waals surface area contributed by atoms with E-state index in [9.17, 15) is 19.5 Å². The van der Waals surface area contributed by atoms with Crippen molar-refractivity contribution in [3.63, 3.8) is 0 Å². The number of halogens is 1. The number of hydrogen-bond acceptors (Lipinski definition) is 3. The summed E-state index contributed by atoms with van der Waals surface area (Å²) in [6, 6.07) is 23.0. The van der Waals surface area contributed by atoms with Gasteiger partial charge in [-0.3, -0.25) is 4.90 Å². The number of carboxylic acid groups (broad SMARTS) is 1. The van der Waals surface area contributed by atoms with Crippen molar-refractivity contribution in [2.45, 2.75) is 44.4 Å². The molecule has 2 aliphatic rings. The number of amides is 4. The van der Waals surface area contributed by atoms with Crippen LogP contribution in [0.5, 0.6) is 0 Å². The SMILES string of the molecule is CCN(Cc1ccc(Cl)cc1)C(=O)N1[C@H]2CC[C@@H]1[C@@H](C(=O)O)N(C(=O)N(c1ccccc1)c1ccccc1)C2. The van der Waals surface area contributed by atoms with Crippen LogP contribution in [0.2, 0.25) is 5.02 Å². The van der Waals surface area contributed by atoms with Gasteiger partial charge in [0.1, 0.15) is 0 Å². The number of hydrogen-bond donors (Lipinski definition) is 1. The normalized spacial score (nSPS) is 20.0. The summed E-state index contributed by atoms with van der Waals surface area (Å²) >= 11 is 6.02. The van der Waals surface area contributed by atoms with Gasteiger partial charge in [-0.05, 0) is 61.7 Å². The molecule has 0 unspecified atom stereocenters. The molecule has 202 valence electrons. The van der Waals surface area contributed by atoms with E-state index in [4.69, 9.17) is 11.6 Å². The third-order valence-electron chi connectivity index (χ3n) is 7.53. The van der Waals surface area contributed by atoms with Crippen molar-refractivity contribution in [3.8, 4) is 0 Å². The maximum Gasteiger partial charge on any atom is 0.329 e. The fraction of sp³-hybridized carbons (Fsp3) is 0.300. The van der Waals surface area contributed by atoms with Crippen molar-refractivity contribution in [2.24, 2.45) is 0 Å². The predicted molar refractivity (Wildman–Crippen MR) is 150 cm³/mol. The molecule has 0 spiro atoms. The number of carbonyl (C=O) groups is 3. The number of likely N-dealkylation sites (tertiary alicyclic amines) is 1. The Balaban J connectivity index is 1.43. The molecule has 3 aromatic rings. The third-order valence-corrected chi connectivity index (χ3v) is 7.78. The van der Waals surface area contributed by atoms with Gasteiger partial charge in [-0.25, -0.2) is 14.4 Å². The maximum absolute atomic E-state index is 14.1. The molecule has 5 rings (SSSR count). The van der Waals surface area contributed by atoms with Crippen LogP contribution >= 0.6 is 11.6 Å².